The molecule has 5 rings (SSSR count). The van der Waals surface area contributed by atoms with Gasteiger partial charge in [0.25, 0.3) is 5.56 Å². The van der Waals surface area contributed by atoms with Gasteiger partial charge in [0.05, 0.1) is 17.2 Å². The van der Waals surface area contributed by atoms with Crippen LogP contribution in [0.2, 0.25) is 0 Å². The maximum absolute atomic E-state index is 12.9. The van der Waals surface area contributed by atoms with E-state index in [4.69, 9.17) is 10.7 Å². The minimum Gasteiger partial charge on any atom is -0.382 e. The Balaban J connectivity index is 1.34. The molecular weight excluding hydrogens is 374 g/mol. The van der Waals surface area contributed by atoms with Gasteiger partial charge in [-0.2, -0.15) is 0 Å². The van der Waals surface area contributed by atoms with Crippen LogP contribution in [-0.2, 0) is 6.54 Å². The molecule has 1 aromatic carbocycles. The molecule has 142 valence electrons. The highest BCUT2D eigenvalue weighted by Crippen LogP contribution is 2.37. The molecule has 3 heterocycles. The van der Waals surface area contributed by atoms with Crippen LogP contribution in [0.1, 0.15) is 25.3 Å². The van der Waals surface area contributed by atoms with Crippen molar-refractivity contribution in [2.75, 3.05) is 11.5 Å². The number of thioether (sulfide) groups is 1. The third-order valence-corrected chi connectivity index (χ3v) is 5.93. The van der Waals surface area contributed by atoms with E-state index < -0.39 is 0 Å². The fraction of sp³-hybridized carbons (Fsp3) is 0.316. The molecular formula is C19H19N7OS. The summed E-state index contributed by atoms with van der Waals surface area (Å²) in [6.45, 7) is 0.765. The largest absolute Gasteiger partial charge is 0.382 e. The molecule has 0 radical (unpaired) electrons. The second kappa shape index (κ2) is 6.90. The fourth-order valence-corrected chi connectivity index (χ4v) is 4.33. The summed E-state index contributed by atoms with van der Waals surface area (Å²) in [6, 6.07) is 7.86. The van der Waals surface area contributed by atoms with Crippen LogP contribution in [0.5, 0.6) is 0 Å². The lowest BCUT2D eigenvalue weighted by atomic mass is 10.2. The number of nitrogens with two attached hydrogens (primary N) is 1. The highest BCUT2D eigenvalue weighted by atomic mass is 32.2. The van der Waals surface area contributed by atoms with E-state index in [0.717, 1.165) is 47.9 Å². The zero-order chi connectivity index (χ0) is 19.1. The van der Waals surface area contributed by atoms with Gasteiger partial charge in [-0.1, -0.05) is 23.9 Å². The molecule has 0 atom stereocenters. The van der Waals surface area contributed by atoms with Gasteiger partial charge in [0.1, 0.15) is 11.8 Å². The normalized spacial score (nSPS) is 14.1. The third-order valence-electron chi connectivity index (χ3n) is 4.89. The molecule has 1 saturated carbocycles. The Morgan fingerprint density at radius 3 is 2.89 bits per heavy atom. The second-order valence-corrected chi connectivity index (χ2v) is 7.95. The van der Waals surface area contributed by atoms with E-state index in [0.29, 0.717) is 22.8 Å². The van der Waals surface area contributed by atoms with Crippen LogP contribution in [-0.4, -0.2) is 34.8 Å². The summed E-state index contributed by atoms with van der Waals surface area (Å²) >= 11 is 1.64. The Morgan fingerprint density at radius 2 is 2.04 bits per heavy atom. The first kappa shape index (κ1) is 17.2. The topological polar surface area (TPSA) is 105 Å². The zero-order valence-electron chi connectivity index (χ0n) is 15.2. The van der Waals surface area contributed by atoms with E-state index in [-0.39, 0.29) is 5.56 Å². The summed E-state index contributed by atoms with van der Waals surface area (Å²) in [5, 5.41) is 1.51. The minimum atomic E-state index is 0.0726. The number of anilines is 1. The third kappa shape index (κ3) is 3.01. The van der Waals surface area contributed by atoms with Crippen LogP contribution >= 0.6 is 11.8 Å². The molecule has 9 heteroatoms. The smallest absolute Gasteiger partial charge is 0.262 e. The van der Waals surface area contributed by atoms with Crippen molar-refractivity contribution in [2.24, 2.45) is 0 Å². The lowest BCUT2D eigenvalue weighted by molar-refractivity contribution is 0.616. The molecule has 2 N–H and O–H groups in total. The van der Waals surface area contributed by atoms with Crippen molar-refractivity contribution in [3.63, 3.8) is 0 Å². The number of aryl methyl sites for hydroxylation is 1. The van der Waals surface area contributed by atoms with Gasteiger partial charge in [-0.3, -0.25) is 9.36 Å². The second-order valence-electron chi connectivity index (χ2n) is 6.89. The van der Waals surface area contributed by atoms with E-state index in [1.807, 2.05) is 33.4 Å². The van der Waals surface area contributed by atoms with E-state index in [2.05, 4.69) is 15.0 Å². The molecule has 0 spiro atoms. The maximum Gasteiger partial charge on any atom is 0.262 e. The quantitative estimate of drug-likeness (QED) is 0.305. The standard InChI is InChI=1S/C19H19N7OS/c20-16-15-17(22-10-21-16)25(11-23-15)8-3-9-28-19-24-14-5-2-1-4-13(14)18(27)26(19)12-6-7-12/h1-2,4-5,10-12H,3,6-9H2,(H2,20,21,22). The van der Waals surface area contributed by atoms with E-state index in [1.165, 1.54) is 6.33 Å². The Morgan fingerprint density at radius 1 is 1.18 bits per heavy atom. The summed E-state index contributed by atoms with van der Waals surface area (Å²) in [7, 11) is 0. The molecule has 0 unspecified atom stereocenters. The summed E-state index contributed by atoms with van der Waals surface area (Å²) in [5.41, 5.74) is 8.06. The molecule has 8 nitrogen and oxygen atoms in total. The Kier molecular flexibility index (Phi) is 4.23. The van der Waals surface area contributed by atoms with Gasteiger partial charge in [0.15, 0.2) is 16.6 Å². The number of fused-ring (bicyclic) bond motifs is 2. The highest BCUT2D eigenvalue weighted by molar-refractivity contribution is 7.99. The van der Waals surface area contributed by atoms with E-state index >= 15 is 0 Å². The number of imidazole rings is 1. The predicted molar refractivity (Wildman–Crippen MR) is 109 cm³/mol. The van der Waals surface area contributed by atoms with Crippen molar-refractivity contribution in [1.82, 2.24) is 29.1 Å². The van der Waals surface area contributed by atoms with Gasteiger partial charge in [-0.25, -0.2) is 19.9 Å². The SMILES string of the molecule is Nc1ncnc2c1ncn2CCCSc1nc2ccccc2c(=O)n1C1CC1. The van der Waals surface area contributed by atoms with Crippen molar-refractivity contribution >= 4 is 39.6 Å². The maximum atomic E-state index is 12.9. The lowest BCUT2D eigenvalue weighted by Gasteiger charge is -2.12. The minimum absolute atomic E-state index is 0.0726. The summed E-state index contributed by atoms with van der Waals surface area (Å²) in [4.78, 5) is 30.2. The van der Waals surface area contributed by atoms with Gasteiger partial charge >= 0.3 is 0 Å². The van der Waals surface area contributed by atoms with Crippen LogP contribution in [0, 0.1) is 0 Å². The van der Waals surface area contributed by atoms with Crippen molar-refractivity contribution in [3.8, 4) is 0 Å². The number of hydrogen-bond donors (Lipinski definition) is 1. The predicted octanol–water partition coefficient (Wildman–Crippen LogP) is 2.64. The molecule has 4 aromatic rings. The number of nitrogens with zero attached hydrogens (tertiary/aromatic N) is 6. The number of aromatic nitrogens is 6. The number of nitrogen functional groups attached to an aromatic ring is 1. The van der Waals surface area contributed by atoms with E-state index in [1.54, 1.807) is 18.1 Å². The molecule has 0 aliphatic heterocycles. The van der Waals surface area contributed by atoms with Crippen LogP contribution in [0.25, 0.3) is 22.1 Å². The summed E-state index contributed by atoms with van der Waals surface area (Å²) in [6.07, 6.45) is 6.20. The van der Waals surface area contributed by atoms with Gasteiger partial charge < -0.3 is 10.3 Å². The summed E-state index contributed by atoms with van der Waals surface area (Å²) in [5.74, 6) is 1.24. The van der Waals surface area contributed by atoms with Crippen LogP contribution in [0.15, 0.2) is 46.9 Å². The number of para-hydroxylation sites is 1. The molecule has 1 fully saturated rings. The van der Waals surface area contributed by atoms with Gasteiger partial charge in [0.2, 0.25) is 0 Å². The molecule has 0 bridgehead atoms. The number of hydrogen-bond acceptors (Lipinski definition) is 7. The van der Waals surface area contributed by atoms with Crippen molar-refractivity contribution in [3.05, 3.63) is 47.3 Å². The fourth-order valence-electron chi connectivity index (χ4n) is 3.34. The number of benzene rings is 1. The first-order chi connectivity index (χ1) is 13.7. The van der Waals surface area contributed by atoms with Crippen molar-refractivity contribution < 1.29 is 0 Å². The Labute approximate surface area is 164 Å². The number of rotatable bonds is 6. The molecule has 1 aliphatic rings. The van der Waals surface area contributed by atoms with Gasteiger partial charge in [-0.05, 0) is 31.4 Å². The molecule has 0 amide bonds. The zero-order valence-corrected chi connectivity index (χ0v) is 16.0. The summed E-state index contributed by atoms with van der Waals surface area (Å²) < 4.78 is 3.86. The van der Waals surface area contributed by atoms with E-state index in [9.17, 15) is 4.79 Å². The molecule has 0 saturated heterocycles. The highest BCUT2D eigenvalue weighted by Gasteiger charge is 2.28. The molecule has 3 aromatic heterocycles. The van der Waals surface area contributed by atoms with Crippen molar-refractivity contribution in [2.45, 2.75) is 37.0 Å². The Bertz CT molecular complexity index is 1230. The van der Waals surface area contributed by atoms with Crippen LogP contribution in [0.4, 0.5) is 5.82 Å². The molecule has 28 heavy (non-hydrogen) atoms. The van der Waals surface area contributed by atoms with Gasteiger partial charge in [0, 0.05) is 18.3 Å². The van der Waals surface area contributed by atoms with Crippen molar-refractivity contribution in [1.29, 1.82) is 0 Å². The average molecular weight is 393 g/mol. The van der Waals surface area contributed by atoms with Crippen LogP contribution in [0.3, 0.4) is 0 Å². The average Bonchev–Trinajstić information content (AvgIpc) is 3.45. The lowest BCUT2D eigenvalue weighted by Crippen LogP contribution is -2.22. The first-order valence-corrected chi connectivity index (χ1v) is 10.3. The monoisotopic (exact) mass is 393 g/mol. The van der Waals surface area contributed by atoms with Gasteiger partial charge in [-0.15, -0.1) is 0 Å². The molecule has 1 aliphatic carbocycles. The first-order valence-electron chi connectivity index (χ1n) is 9.28. The Hall–Kier alpha value is -2.94. The van der Waals surface area contributed by atoms with Crippen LogP contribution < -0.4 is 11.3 Å².